The summed E-state index contributed by atoms with van der Waals surface area (Å²) >= 11 is 0. The lowest BCUT2D eigenvalue weighted by Crippen LogP contribution is -2.13. The van der Waals surface area contributed by atoms with E-state index in [1.54, 1.807) is 30.3 Å². The van der Waals surface area contributed by atoms with E-state index >= 15 is 0 Å². The fourth-order valence-corrected chi connectivity index (χ4v) is 2.63. The van der Waals surface area contributed by atoms with Gasteiger partial charge in [-0.15, -0.1) is 0 Å². The molecule has 0 aliphatic rings. The van der Waals surface area contributed by atoms with E-state index in [9.17, 15) is 23.1 Å². The normalized spacial score (nSPS) is 13.1. The first-order chi connectivity index (χ1) is 11.2. The summed E-state index contributed by atoms with van der Waals surface area (Å²) in [4.78, 5) is 11.4. The van der Waals surface area contributed by atoms with Crippen LogP contribution in [0.4, 0.5) is 13.2 Å². The van der Waals surface area contributed by atoms with Gasteiger partial charge in [0.25, 0.3) is 0 Å². The van der Waals surface area contributed by atoms with Crippen LogP contribution in [0.2, 0.25) is 0 Å². The van der Waals surface area contributed by atoms with Gasteiger partial charge in [0.15, 0.2) is 0 Å². The van der Waals surface area contributed by atoms with E-state index in [1.807, 2.05) is 13.8 Å². The monoisotopic (exact) mass is 336 g/mol. The van der Waals surface area contributed by atoms with Crippen molar-refractivity contribution in [2.45, 2.75) is 32.4 Å². The Labute approximate surface area is 138 Å². The van der Waals surface area contributed by atoms with E-state index in [1.165, 1.54) is 6.07 Å². The Morgan fingerprint density at radius 3 is 2.17 bits per heavy atom. The second-order valence-electron chi connectivity index (χ2n) is 6.22. The van der Waals surface area contributed by atoms with E-state index in [0.29, 0.717) is 23.1 Å². The van der Waals surface area contributed by atoms with Crippen molar-refractivity contribution in [1.29, 1.82) is 0 Å². The number of carboxylic acids is 1. The predicted molar refractivity (Wildman–Crippen MR) is 86.7 cm³/mol. The van der Waals surface area contributed by atoms with Crippen LogP contribution in [0, 0.1) is 5.92 Å². The molecule has 0 amide bonds. The molecule has 2 aromatic rings. The van der Waals surface area contributed by atoms with Gasteiger partial charge in [0.2, 0.25) is 0 Å². The molecule has 128 valence electrons. The maximum Gasteiger partial charge on any atom is 0.416 e. The van der Waals surface area contributed by atoms with Crippen molar-refractivity contribution in [2.75, 3.05) is 0 Å². The van der Waals surface area contributed by atoms with Gasteiger partial charge in [-0.1, -0.05) is 50.2 Å². The Morgan fingerprint density at radius 1 is 1.04 bits per heavy atom. The quantitative estimate of drug-likeness (QED) is 0.773. The second kappa shape index (κ2) is 7.07. The molecule has 5 heteroatoms. The minimum absolute atomic E-state index is 0.231. The third-order valence-corrected chi connectivity index (χ3v) is 3.84. The van der Waals surface area contributed by atoms with Crippen molar-refractivity contribution in [3.05, 3.63) is 59.7 Å². The molecule has 1 unspecified atom stereocenters. The highest BCUT2D eigenvalue weighted by molar-refractivity contribution is 5.76. The molecule has 0 fully saturated rings. The lowest BCUT2D eigenvalue weighted by molar-refractivity contribution is -0.139. The highest BCUT2D eigenvalue weighted by atomic mass is 19.4. The number of aliphatic carboxylic acids is 1. The lowest BCUT2D eigenvalue weighted by atomic mass is 9.89. The molecule has 0 spiro atoms. The smallest absolute Gasteiger partial charge is 0.416 e. The van der Waals surface area contributed by atoms with E-state index in [0.717, 1.165) is 12.1 Å². The highest BCUT2D eigenvalue weighted by Gasteiger charge is 2.30. The number of benzene rings is 2. The molecular formula is C19H19F3O2. The van der Waals surface area contributed by atoms with Crippen molar-refractivity contribution in [1.82, 2.24) is 0 Å². The molecule has 0 aromatic heterocycles. The zero-order valence-corrected chi connectivity index (χ0v) is 13.5. The molecular weight excluding hydrogens is 317 g/mol. The first-order valence-corrected chi connectivity index (χ1v) is 7.69. The van der Waals surface area contributed by atoms with Crippen LogP contribution >= 0.6 is 0 Å². The van der Waals surface area contributed by atoms with Crippen molar-refractivity contribution in [3.8, 4) is 11.1 Å². The Morgan fingerprint density at radius 2 is 1.67 bits per heavy atom. The molecule has 2 rings (SSSR count). The Balaban J connectivity index is 2.31. The summed E-state index contributed by atoms with van der Waals surface area (Å²) in [6.45, 7) is 3.90. The average molecular weight is 336 g/mol. The SMILES string of the molecule is CC(C)CC(C(=O)O)c1ccc(-c2cccc(C(F)(F)F)c2)cc1. The molecule has 0 aliphatic carbocycles. The zero-order chi connectivity index (χ0) is 17.9. The third kappa shape index (κ3) is 4.37. The van der Waals surface area contributed by atoms with Crippen molar-refractivity contribution in [3.63, 3.8) is 0 Å². The van der Waals surface area contributed by atoms with Crippen LogP contribution in [0.25, 0.3) is 11.1 Å². The molecule has 0 saturated carbocycles. The van der Waals surface area contributed by atoms with Gasteiger partial charge in [-0.3, -0.25) is 4.79 Å². The summed E-state index contributed by atoms with van der Waals surface area (Å²) < 4.78 is 38.4. The molecule has 1 atom stereocenters. The number of carbonyl (C=O) groups is 1. The standard InChI is InChI=1S/C19H19F3O2/c1-12(2)10-17(18(23)24)14-8-6-13(7-9-14)15-4-3-5-16(11-15)19(20,21)22/h3-9,11-12,17H,10H2,1-2H3,(H,23,24). The molecule has 24 heavy (non-hydrogen) atoms. The molecule has 2 aromatic carbocycles. The molecule has 0 saturated heterocycles. The fraction of sp³-hybridized carbons (Fsp3) is 0.316. The van der Waals surface area contributed by atoms with Crippen molar-refractivity contribution >= 4 is 5.97 Å². The summed E-state index contributed by atoms with van der Waals surface area (Å²) in [5.74, 6) is -1.27. The molecule has 0 bridgehead atoms. The summed E-state index contributed by atoms with van der Waals surface area (Å²) in [5, 5.41) is 9.36. The third-order valence-electron chi connectivity index (χ3n) is 3.84. The topological polar surface area (TPSA) is 37.3 Å². The number of halogens is 3. The van der Waals surface area contributed by atoms with Crippen LogP contribution in [0.15, 0.2) is 48.5 Å². The highest BCUT2D eigenvalue weighted by Crippen LogP contribution is 2.33. The maximum absolute atomic E-state index is 12.8. The van der Waals surface area contributed by atoms with Crippen molar-refractivity contribution in [2.24, 2.45) is 5.92 Å². The number of hydrogen-bond acceptors (Lipinski definition) is 1. The number of hydrogen-bond donors (Lipinski definition) is 1. The van der Waals surface area contributed by atoms with Crippen LogP contribution in [0.5, 0.6) is 0 Å². The number of rotatable bonds is 5. The maximum atomic E-state index is 12.8. The summed E-state index contributed by atoms with van der Waals surface area (Å²) in [7, 11) is 0. The van der Waals surface area contributed by atoms with Crippen LogP contribution < -0.4 is 0 Å². The molecule has 0 radical (unpaired) electrons. The predicted octanol–water partition coefficient (Wildman–Crippen LogP) is 5.59. The minimum Gasteiger partial charge on any atom is -0.481 e. The van der Waals surface area contributed by atoms with Gasteiger partial charge in [-0.25, -0.2) is 0 Å². The summed E-state index contributed by atoms with van der Waals surface area (Å²) in [6.07, 6.45) is -3.88. The zero-order valence-electron chi connectivity index (χ0n) is 13.5. The van der Waals surface area contributed by atoms with Crippen LogP contribution in [-0.4, -0.2) is 11.1 Å². The van der Waals surface area contributed by atoms with E-state index < -0.39 is 23.6 Å². The van der Waals surface area contributed by atoms with Gasteiger partial charge >= 0.3 is 12.1 Å². The van der Waals surface area contributed by atoms with Gasteiger partial charge in [0.1, 0.15) is 0 Å². The Bertz CT molecular complexity index is 703. The van der Waals surface area contributed by atoms with Gasteiger partial charge in [0.05, 0.1) is 11.5 Å². The number of carboxylic acid groups (broad SMARTS) is 1. The van der Waals surface area contributed by atoms with Gasteiger partial charge in [-0.2, -0.15) is 13.2 Å². The van der Waals surface area contributed by atoms with E-state index in [2.05, 4.69) is 0 Å². The summed E-state index contributed by atoms with van der Waals surface area (Å²) in [5.41, 5.74) is 1.03. The molecule has 1 N–H and O–H groups in total. The molecule has 0 aliphatic heterocycles. The van der Waals surface area contributed by atoms with Crippen LogP contribution in [0.1, 0.15) is 37.3 Å². The Hall–Kier alpha value is -2.30. The summed E-state index contributed by atoms with van der Waals surface area (Å²) in [6, 6.07) is 11.8. The average Bonchev–Trinajstić information content (AvgIpc) is 2.52. The first-order valence-electron chi connectivity index (χ1n) is 7.69. The second-order valence-corrected chi connectivity index (χ2v) is 6.22. The minimum atomic E-state index is -4.39. The van der Waals surface area contributed by atoms with E-state index in [-0.39, 0.29) is 5.92 Å². The van der Waals surface area contributed by atoms with Gasteiger partial charge in [-0.05, 0) is 41.2 Å². The lowest BCUT2D eigenvalue weighted by Gasteiger charge is -2.15. The Kier molecular flexibility index (Phi) is 5.32. The fourth-order valence-electron chi connectivity index (χ4n) is 2.63. The van der Waals surface area contributed by atoms with Gasteiger partial charge < -0.3 is 5.11 Å². The van der Waals surface area contributed by atoms with Gasteiger partial charge in [0, 0.05) is 0 Å². The largest absolute Gasteiger partial charge is 0.481 e. The van der Waals surface area contributed by atoms with E-state index in [4.69, 9.17) is 0 Å². The first kappa shape index (κ1) is 18.0. The van der Waals surface area contributed by atoms with Crippen LogP contribution in [0.3, 0.4) is 0 Å². The number of alkyl halides is 3. The van der Waals surface area contributed by atoms with Crippen LogP contribution in [-0.2, 0) is 11.0 Å². The molecule has 0 heterocycles. The molecule has 2 nitrogen and oxygen atoms in total. The van der Waals surface area contributed by atoms with Crippen molar-refractivity contribution < 1.29 is 23.1 Å².